The standard InChI is InChI=1S/C26H25N3O6/c1-16-22-15-20(7-8-21(22)24(31)35-29-16)28-25(32)26(33,19-10-13-27-14-11-19)12-9-17-3-5-18(6-4-17)23(30)34-2/h3-8,15,19,27,33H,10-11,13-14H2,1-2H3,(H,28,32). The van der Waals surface area contributed by atoms with Crippen LogP contribution in [0.5, 0.6) is 0 Å². The first-order chi connectivity index (χ1) is 16.8. The molecule has 35 heavy (non-hydrogen) atoms. The molecule has 0 spiro atoms. The van der Waals surface area contributed by atoms with Crippen molar-refractivity contribution in [2.45, 2.75) is 25.4 Å². The fourth-order valence-corrected chi connectivity index (χ4v) is 4.09. The third kappa shape index (κ3) is 5.09. The molecule has 2 aromatic carbocycles. The number of fused-ring (bicyclic) bond motifs is 1. The number of ether oxygens (including phenoxy) is 1. The predicted octanol–water partition coefficient (Wildman–Crippen LogP) is 2.00. The van der Waals surface area contributed by atoms with E-state index in [1.165, 1.54) is 7.11 Å². The van der Waals surface area contributed by atoms with Gasteiger partial charge in [-0.2, -0.15) is 0 Å². The summed E-state index contributed by atoms with van der Waals surface area (Å²) in [7, 11) is 1.30. The zero-order valence-corrected chi connectivity index (χ0v) is 19.4. The molecule has 1 atom stereocenters. The van der Waals surface area contributed by atoms with Gasteiger partial charge in [-0.1, -0.05) is 17.0 Å². The van der Waals surface area contributed by atoms with Gasteiger partial charge in [-0.15, -0.1) is 0 Å². The average molecular weight is 476 g/mol. The van der Waals surface area contributed by atoms with E-state index in [1.807, 2.05) is 0 Å². The number of carbonyl (C=O) groups excluding carboxylic acids is 2. The maximum absolute atomic E-state index is 13.4. The maximum atomic E-state index is 13.4. The summed E-state index contributed by atoms with van der Waals surface area (Å²) in [5, 5.41) is 22.1. The van der Waals surface area contributed by atoms with Gasteiger partial charge >= 0.3 is 11.6 Å². The number of hydrogen-bond donors (Lipinski definition) is 3. The molecular formula is C26H25N3O6. The molecule has 9 heteroatoms. The van der Waals surface area contributed by atoms with Gasteiger partial charge in [-0.3, -0.25) is 4.79 Å². The highest BCUT2D eigenvalue weighted by molar-refractivity contribution is 6.01. The molecule has 1 aliphatic rings. The van der Waals surface area contributed by atoms with E-state index in [1.54, 1.807) is 49.4 Å². The second-order valence-electron chi connectivity index (χ2n) is 8.38. The summed E-state index contributed by atoms with van der Waals surface area (Å²) in [6.07, 6.45) is 1.14. The van der Waals surface area contributed by atoms with E-state index >= 15 is 0 Å². The van der Waals surface area contributed by atoms with Crippen LogP contribution >= 0.6 is 0 Å². The minimum atomic E-state index is -1.96. The zero-order valence-electron chi connectivity index (χ0n) is 19.4. The van der Waals surface area contributed by atoms with Crippen LogP contribution in [0.4, 0.5) is 5.69 Å². The molecule has 1 aromatic heterocycles. The van der Waals surface area contributed by atoms with Crippen LogP contribution < -0.4 is 16.3 Å². The Morgan fingerprint density at radius 2 is 1.89 bits per heavy atom. The molecule has 1 unspecified atom stereocenters. The number of anilines is 1. The second-order valence-corrected chi connectivity index (χ2v) is 8.38. The maximum Gasteiger partial charge on any atom is 0.366 e. The van der Waals surface area contributed by atoms with Crippen LogP contribution in [0.3, 0.4) is 0 Å². The molecule has 3 N–H and O–H groups in total. The minimum absolute atomic E-state index is 0.347. The number of rotatable bonds is 4. The normalized spacial score (nSPS) is 15.5. The summed E-state index contributed by atoms with van der Waals surface area (Å²) < 4.78 is 9.44. The number of esters is 1. The fourth-order valence-electron chi connectivity index (χ4n) is 4.09. The van der Waals surface area contributed by atoms with Crippen LogP contribution in [0, 0.1) is 24.7 Å². The summed E-state index contributed by atoms with van der Waals surface area (Å²) in [5.74, 6) is 4.17. The number of carbonyl (C=O) groups is 2. The summed E-state index contributed by atoms with van der Waals surface area (Å²) in [5.41, 5.74) is -0.717. The molecular weight excluding hydrogens is 450 g/mol. The van der Waals surface area contributed by atoms with E-state index in [2.05, 4.69) is 27.6 Å². The number of aliphatic hydroxyl groups is 1. The molecule has 1 aliphatic heterocycles. The first-order valence-corrected chi connectivity index (χ1v) is 11.2. The Hall–Kier alpha value is -4.00. The lowest BCUT2D eigenvalue weighted by atomic mass is 9.80. The van der Waals surface area contributed by atoms with Crippen LogP contribution in [0.15, 0.2) is 51.8 Å². The lowest BCUT2D eigenvalue weighted by Gasteiger charge is -2.33. The summed E-state index contributed by atoms with van der Waals surface area (Å²) >= 11 is 0. The number of amides is 1. The molecule has 0 aliphatic carbocycles. The van der Waals surface area contributed by atoms with Crippen molar-refractivity contribution in [2.24, 2.45) is 5.92 Å². The van der Waals surface area contributed by atoms with Crippen molar-refractivity contribution in [1.29, 1.82) is 0 Å². The minimum Gasteiger partial charge on any atom is -0.465 e. The van der Waals surface area contributed by atoms with Crippen molar-refractivity contribution in [3.8, 4) is 11.8 Å². The third-order valence-electron chi connectivity index (χ3n) is 6.13. The number of aryl methyl sites for hydroxylation is 1. The predicted molar refractivity (Wildman–Crippen MR) is 129 cm³/mol. The molecule has 180 valence electrons. The monoisotopic (exact) mass is 475 g/mol. The first-order valence-electron chi connectivity index (χ1n) is 11.2. The first kappa shape index (κ1) is 24.1. The van der Waals surface area contributed by atoms with Gasteiger partial charge < -0.3 is 25.0 Å². The zero-order chi connectivity index (χ0) is 25.0. The van der Waals surface area contributed by atoms with E-state index in [9.17, 15) is 19.5 Å². The van der Waals surface area contributed by atoms with E-state index in [4.69, 9.17) is 9.26 Å². The van der Waals surface area contributed by atoms with Crippen molar-refractivity contribution in [3.05, 3.63) is 69.7 Å². The number of methoxy groups -OCH3 is 1. The SMILES string of the molecule is COC(=O)c1ccc(C#CC(O)(C(=O)Nc2ccc3c(=O)onc(C)c3c2)C2CCNCC2)cc1. The topological polar surface area (TPSA) is 131 Å². The van der Waals surface area contributed by atoms with Gasteiger partial charge in [0.1, 0.15) is 0 Å². The third-order valence-corrected chi connectivity index (χ3v) is 6.13. The Kier molecular flexibility index (Phi) is 6.96. The van der Waals surface area contributed by atoms with E-state index in [-0.39, 0.29) is 5.92 Å². The molecule has 0 radical (unpaired) electrons. The lowest BCUT2D eigenvalue weighted by molar-refractivity contribution is -0.133. The highest BCUT2D eigenvalue weighted by Gasteiger charge is 2.43. The molecule has 1 saturated heterocycles. The molecule has 4 rings (SSSR count). The molecule has 2 heterocycles. The van der Waals surface area contributed by atoms with Crippen LogP contribution in [0.1, 0.15) is 34.5 Å². The highest BCUT2D eigenvalue weighted by Crippen LogP contribution is 2.28. The quantitative estimate of drug-likeness (QED) is 0.386. The number of nitrogens with one attached hydrogen (secondary N) is 2. The molecule has 0 saturated carbocycles. The average Bonchev–Trinajstić information content (AvgIpc) is 2.89. The van der Waals surface area contributed by atoms with Gasteiger partial charge in [-0.05, 0) is 75.3 Å². The van der Waals surface area contributed by atoms with Gasteiger partial charge in [-0.25, -0.2) is 9.59 Å². The molecule has 1 amide bonds. The van der Waals surface area contributed by atoms with Crippen LogP contribution in [-0.4, -0.2) is 47.9 Å². The molecule has 1 fully saturated rings. The summed E-state index contributed by atoms with van der Waals surface area (Å²) in [4.78, 5) is 37.0. The smallest absolute Gasteiger partial charge is 0.366 e. The molecule has 3 aromatic rings. The number of hydrogen-bond acceptors (Lipinski definition) is 8. The molecule has 9 nitrogen and oxygen atoms in total. The van der Waals surface area contributed by atoms with Crippen molar-refractivity contribution in [3.63, 3.8) is 0 Å². The van der Waals surface area contributed by atoms with Gasteiger partial charge in [0.15, 0.2) is 0 Å². The highest BCUT2D eigenvalue weighted by atomic mass is 16.5. The van der Waals surface area contributed by atoms with Crippen LogP contribution in [0.25, 0.3) is 10.8 Å². The Morgan fingerprint density at radius 3 is 2.57 bits per heavy atom. The Labute approximate surface area is 201 Å². The van der Waals surface area contributed by atoms with Crippen molar-refractivity contribution in [1.82, 2.24) is 10.5 Å². The van der Waals surface area contributed by atoms with E-state index in [0.717, 1.165) is 0 Å². The lowest BCUT2D eigenvalue weighted by Crippen LogP contribution is -2.51. The molecule has 0 bridgehead atoms. The van der Waals surface area contributed by atoms with Crippen molar-refractivity contribution >= 4 is 28.3 Å². The Balaban J connectivity index is 1.65. The number of piperidine rings is 1. The summed E-state index contributed by atoms with van der Waals surface area (Å²) in [6.45, 7) is 3.01. The van der Waals surface area contributed by atoms with Gasteiger partial charge in [0.05, 0.1) is 23.8 Å². The van der Waals surface area contributed by atoms with Crippen molar-refractivity contribution < 1.29 is 24.0 Å². The number of aromatic nitrogens is 1. The van der Waals surface area contributed by atoms with Crippen molar-refractivity contribution in [2.75, 3.05) is 25.5 Å². The Bertz CT molecular complexity index is 1380. The Morgan fingerprint density at radius 1 is 1.17 bits per heavy atom. The second kappa shape index (κ2) is 10.1. The van der Waals surface area contributed by atoms with Crippen LogP contribution in [-0.2, 0) is 9.53 Å². The largest absolute Gasteiger partial charge is 0.465 e. The van der Waals surface area contributed by atoms with Gasteiger partial charge in [0.2, 0.25) is 5.60 Å². The van der Waals surface area contributed by atoms with Gasteiger partial charge in [0.25, 0.3) is 5.91 Å². The van der Waals surface area contributed by atoms with Crippen LogP contribution in [0.2, 0.25) is 0 Å². The number of nitrogens with zero attached hydrogens (tertiary/aromatic N) is 1. The van der Waals surface area contributed by atoms with Gasteiger partial charge in [0, 0.05) is 22.6 Å². The van der Waals surface area contributed by atoms with E-state index in [0.29, 0.717) is 59.2 Å². The number of benzene rings is 2. The van der Waals surface area contributed by atoms with E-state index < -0.39 is 23.1 Å². The fraction of sp³-hybridized carbons (Fsp3) is 0.308. The summed E-state index contributed by atoms with van der Waals surface area (Å²) in [6, 6.07) is 11.1.